The van der Waals surface area contributed by atoms with E-state index in [2.05, 4.69) is 13.8 Å². The molecule has 0 fully saturated rings. The molecule has 0 heterocycles. The number of hydrogen-bond donors (Lipinski definition) is 1. The minimum atomic E-state index is -0.692. The van der Waals surface area contributed by atoms with E-state index >= 15 is 0 Å². The highest BCUT2D eigenvalue weighted by Crippen LogP contribution is 2.24. The van der Waals surface area contributed by atoms with Gasteiger partial charge in [-0.15, -0.1) is 0 Å². The van der Waals surface area contributed by atoms with Crippen molar-refractivity contribution < 1.29 is 9.53 Å². The third-order valence-corrected chi connectivity index (χ3v) is 2.27. The topological polar surface area (TPSA) is 52.3 Å². The first kappa shape index (κ1) is 11.3. The molecule has 2 N–H and O–H groups in total. The Kier molecular flexibility index (Phi) is 4.07. The van der Waals surface area contributed by atoms with Crippen LogP contribution in [0.4, 0.5) is 4.79 Å². The van der Waals surface area contributed by atoms with Gasteiger partial charge in [-0.25, -0.2) is 4.79 Å². The molecule has 12 heavy (non-hydrogen) atoms. The molecule has 1 unspecified atom stereocenters. The SMILES string of the molecule is CCCC(C)C(C)(C)OC(N)=O. The molecule has 0 saturated heterocycles. The average Bonchev–Trinajstić information content (AvgIpc) is 1.85. The summed E-state index contributed by atoms with van der Waals surface area (Å²) in [4.78, 5) is 10.5. The lowest BCUT2D eigenvalue weighted by molar-refractivity contribution is 0.00177. The summed E-state index contributed by atoms with van der Waals surface area (Å²) in [6.07, 6.45) is 1.44. The molecule has 3 nitrogen and oxygen atoms in total. The van der Waals surface area contributed by atoms with Crippen molar-refractivity contribution in [1.82, 2.24) is 0 Å². The fourth-order valence-electron chi connectivity index (χ4n) is 1.14. The summed E-state index contributed by atoms with van der Waals surface area (Å²) < 4.78 is 4.99. The van der Waals surface area contributed by atoms with Gasteiger partial charge < -0.3 is 10.5 Å². The van der Waals surface area contributed by atoms with Gasteiger partial charge in [-0.05, 0) is 26.2 Å². The molecular formula is C9H19NO2. The summed E-state index contributed by atoms with van der Waals surface area (Å²) in [5, 5.41) is 0. The summed E-state index contributed by atoms with van der Waals surface area (Å²) in [7, 11) is 0. The molecule has 0 radical (unpaired) electrons. The number of nitrogens with two attached hydrogens (primary N) is 1. The van der Waals surface area contributed by atoms with Crippen LogP contribution in [0.3, 0.4) is 0 Å². The number of hydrogen-bond acceptors (Lipinski definition) is 2. The second-order valence-corrected chi connectivity index (χ2v) is 3.71. The summed E-state index contributed by atoms with van der Waals surface area (Å²) in [5.74, 6) is 0.343. The molecule has 3 heteroatoms. The molecule has 0 aromatic heterocycles. The molecule has 0 spiro atoms. The lowest BCUT2D eigenvalue weighted by Crippen LogP contribution is -2.37. The number of carbonyl (C=O) groups is 1. The molecule has 0 aromatic rings. The first-order valence-electron chi connectivity index (χ1n) is 4.38. The van der Waals surface area contributed by atoms with Crippen LogP contribution in [0.25, 0.3) is 0 Å². The Morgan fingerprint density at radius 1 is 1.58 bits per heavy atom. The van der Waals surface area contributed by atoms with E-state index < -0.39 is 11.7 Å². The third kappa shape index (κ3) is 3.60. The molecular weight excluding hydrogens is 154 g/mol. The summed E-state index contributed by atoms with van der Waals surface area (Å²) >= 11 is 0. The van der Waals surface area contributed by atoms with Crippen molar-refractivity contribution in [2.75, 3.05) is 0 Å². The predicted molar refractivity (Wildman–Crippen MR) is 48.8 cm³/mol. The maximum absolute atomic E-state index is 10.5. The maximum atomic E-state index is 10.5. The lowest BCUT2D eigenvalue weighted by atomic mass is 9.89. The van der Waals surface area contributed by atoms with E-state index in [0.717, 1.165) is 12.8 Å². The minimum absolute atomic E-state index is 0.343. The standard InChI is InChI=1S/C9H19NO2/c1-5-6-7(2)9(3,4)12-8(10)11/h7H,5-6H2,1-4H3,(H2,10,11). The van der Waals surface area contributed by atoms with Gasteiger partial charge in [0.2, 0.25) is 0 Å². The van der Waals surface area contributed by atoms with Crippen LogP contribution in [0.1, 0.15) is 40.5 Å². The first-order valence-corrected chi connectivity index (χ1v) is 4.38. The number of ether oxygens (including phenoxy) is 1. The van der Waals surface area contributed by atoms with Crippen molar-refractivity contribution >= 4 is 6.09 Å². The number of carbonyl (C=O) groups excluding carboxylic acids is 1. The zero-order valence-corrected chi connectivity index (χ0v) is 8.39. The second-order valence-electron chi connectivity index (χ2n) is 3.71. The summed E-state index contributed by atoms with van der Waals surface area (Å²) in [6, 6.07) is 0. The van der Waals surface area contributed by atoms with Gasteiger partial charge in [-0.1, -0.05) is 20.3 Å². The van der Waals surface area contributed by atoms with E-state index in [1.807, 2.05) is 13.8 Å². The van der Waals surface area contributed by atoms with E-state index in [4.69, 9.17) is 10.5 Å². The van der Waals surface area contributed by atoms with E-state index in [9.17, 15) is 4.79 Å². The van der Waals surface area contributed by atoms with E-state index in [0.29, 0.717) is 5.92 Å². The average molecular weight is 173 g/mol. The third-order valence-electron chi connectivity index (χ3n) is 2.27. The number of primary amides is 1. The maximum Gasteiger partial charge on any atom is 0.405 e. The van der Waals surface area contributed by atoms with Gasteiger partial charge in [0.25, 0.3) is 0 Å². The highest BCUT2D eigenvalue weighted by molar-refractivity contribution is 5.65. The Bertz CT molecular complexity index is 155. The smallest absolute Gasteiger partial charge is 0.405 e. The van der Waals surface area contributed by atoms with Gasteiger partial charge in [0.15, 0.2) is 0 Å². The van der Waals surface area contributed by atoms with Crippen molar-refractivity contribution in [1.29, 1.82) is 0 Å². The van der Waals surface area contributed by atoms with Gasteiger partial charge in [0.1, 0.15) is 5.60 Å². The van der Waals surface area contributed by atoms with E-state index in [1.165, 1.54) is 0 Å². The Balaban J connectivity index is 4.07. The second kappa shape index (κ2) is 4.33. The van der Waals surface area contributed by atoms with Gasteiger partial charge >= 0.3 is 6.09 Å². The Labute approximate surface area is 74.3 Å². The zero-order chi connectivity index (χ0) is 9.78. The van der Waals surface area contributed by atoms with Gasteiger partial charge in [0.05, 0.1) is 0 Å². The molecule has 1 atom stereocenters. The lowest BCUT2D eigenvalue weighted by Gasteiger charge is -2.30. The fraction of sp³-hybridized carbons (Fsp3) is 0.889. The Morgan fingerprint density at radius 2 is 2.08 bits per heavy atom. The van der Waals surface area contributed by atoms with Crippen molar-refractivity contribution in [2.45, 2.75) is 46.1 Å². The van der Waals surface area contributed by atoms with E-state index in [1.54, 1.807) is 0 Å². The van der Waals surface area contributed by atoms with Crippen LogP contribution in [-0.2, 0) is 4.74 Å². The van der Waals surface area contributed by atoms with Gasteiger partial charge in [0, 0.05) is 0 Å². The highest BCUT2D eigenvalue weighted by atomic mass is 16.6. The summed E-state index contributed by atoms with van der Waals surface area (Å²) in [5.41, 5.74) is 4.51. The number of amides is 1. The van der Waals surface area contributed by atoms with Crippen LogP contribution < -0.4 is 5.73 Å². The fourth-order valence-corrected chi connectivity index (χ4v) is 1.14. The monoisotopic (exact) mass is 173 g/mol. The van der Waals surface area contributed by atoms with Crippen LogP contribution in [-0.4, -0.2) is 11.7 Å². The Morgan fingerprint density at radius 3 is 2.42 bits per heavy atom. The van der Waals surface area contributed by atoms with Gasteiger partial charge in [-0.2, -0.15) is 0 Å². The normalized spacial score (nSPS) is 14.0. The van der Waals surface area contributed by atoms with Crippen LogP contribution in [0.15, 0.2) is 0 Å². The van der Waals surface area contributed by atoms with Gasteiger partial charge in [-0.3, -0.25) is 0 Å². The predicted octanol–water partition coefficient (Wildman–Crippen LogP) is 2.30. The largest absolute Gasteiger partial charge is 0.443 e. The highest BCUT2D eigenvalue weighted by Gasteiger charge is 2.28. The van der Waals surface area contributed by atoms with Crippen LogP contribution in [0.2, 0.25) is 0 Å². The van der Waals surface area contributed by atoms with Crippen molar-refractivity contribution in [2.24, 2.45) is 11.7 Å². The minimum Gasteiger partial charge on any atom is -0.443 e. The number of rotatable bonds is 4. The van der Waals surface area contributed by atoms with E-state index in [-0.39, 0.29) is 0 Å². The first-order chi connectivity index (χ1) is 5.40. The molecule has 0 bridgehead atoms. The molecule has 0 rings (SSSR count). The zero-order valence-electron chi connectivity index (χ0n) is 8.39. The molecule has 0 saturated carbocycles. The quantitative estimate of drug-likeness (QED) is 0.709. The molecule has 0 aromatic carbocycles. The van der Waals surface area contributed by atoms with Crippen molar-refractivity contribution in [3.8, 4) is 0 Å². The van der Waals surface area contributed by atoms with Crippen molar-refractivity contribution in [3.05, 3.63) is 0 Å². The molecule has 1 amide bonds. The Hall–Kier alpha value is -0.730. The molecule has 72 valence electrons. The van der Waals surface area contributed by atoms with Crippen molar-refractivity contribution in [3.63, 3.8) is 0 Å². The molecule has 0 aliphatic rings. The molecule has 0 aliphatic carbocycles. The van der Waals surface area contributed by atoms with Crippen LogP contribution in [0.5, 0.6) is 0 Å². The van der Waals surface area contributed by atoms with Crippen LogP contribution in [0, 0.1) is 5.92 Å². The van der Waals surface area contributed by atoms with Crippen LogP contribution >= 0.6 is 0 Å². The molecule has 0 aliphatic heterocycles. The summed E-state index contributed by atoms with van der Waals surface area (Å²) in [6.45, 7) is 7.94.